The van der Waals surface area contributed by atoms with E-state index in [4.69, 9.17) is 4.74 Å². The van der Waals surface area contributed by atoms with Crippen molar-refractivity contribution in [2.75, 3.05) is 25.1 Å². The van der Waals surface area contributed by atoms with E-state index in [0.717, 1.165) is 23.3 Å². The van der Waals surface area contributed by atoms with Crippen LogP contribution in [-0.2, 0) is 4.74 Å². The van der Waals surface area contributed by atoms with Gasteiger partial charge in [0.05, 0.1) is 13.2 Å². The summed E-state index contributed by atoms with van der Waals surface area (Å²) in [7, 11) is 0. The summed E-state index contributed by atoms with van der Waals surface area (Å²) in [6.45, 7) is 4.24. The molecule has 0 aliphatic carbocycles. The smallest absolute Gasteiger partial charge is 0.0648 e. The molecule has 0 unspecified atom stereocenters. The summed E-state index contributed by atoms with van der Waals surface area (Å²) in [5, 5.41) is 3.28. The molecule has 0 aliphatic heterocycles. The summed E-state index contributed by atoms with van der Waals surface area (Å²) < 4.78 is 6.46. The largest absolute Gasteiger partial charge is 0.383 e. The van der Waals surface area contributed by atoms with Crippen LogP contribution in [0.25, 0.3) is 0 Å². The molecule has 82 valence electrons. The summed E-state index contributed by atoms with van der Waals surface area (Å²) in [4.78, 5) is 0. The standard InChI is InChI=1S/C12H16BrNO/c1-2-3-9-15-10-8-14-12-6-4-11(13)5-7-12/h2-7,14H,8-10H2,1H3. The molecule has 1 rings (SSSR count). The molecule has 0 saturated heterocycles. The molecule has 3 heteroatoms. The number of rotatable bonds is 6. The Bertz CT molecular complexity index is 295. The van der Waals surface area contributed by atoms with Gasteiger partial charge in [-0.1, -0.05) is 28.1 Å². The van der Waals surface area contributed by atoms with Crippen LogP contribution in [0, 0.1) is 0 Å². The highest BCUT2D eigenvalue weighted by atomic mass is 79.9. The Morgan fingerprint density at radius 1 is 1.33 bits per heavy atom. The number of allylic oxidation sites excluding steroid dienone is 1. The molecule has 2 nitrogen and oxygen atoms in total. The van der Waals surface area contributed by atoms with E-state index in [1.165, 1.54) is 0 Å². The lowest BCUT2D eigenvalue weighted by atomic mass is 10.3. The fourth-order valence-corrected chi connectivity index (χ4v) is 1.35. The zero-order chi connectivity index (χ0) is 10.9. The lowest BCUT2D eigenvalue weighted by molar-refractivity contribution is 0.173. The Morgan fingerprint density at radius 2 is 2.07 bits per heavy atom. The summed E-state index contributed by atoms with van der Waals surface area (Å²) in [5.41, 5.74) is 1.12. The molecule has 15 heavy (non-hydrogen) atoms. The van der Waals surface area contributed by atoms with Gasteiger partial charge in [-0.25, -0.2) is 0 Å². The van der Waals surface area contributed by atoms with Crippen molar-refractivity contribution in [2.24, 2.45) is 0 Å². The van der Waals surface area contributed by atoms with Crippen molar-refractivity contribution >= 4 is 21.6 Å². The van der Waals surface area contributed by atoms with Crippen molar-refractivity contribution in [2.45, 2.75) is 6.92 Å². The second-order valence-corrected chi connectivity index (χ2v) is 3.99. The van der Waals surface area contributed by atoms with E-state index in [2.05, 4.69) is 21.2 Å². The van der Waals surface area contributed by atoms with Gasteiger partial charge in [-0.3, -0.25) is 0 Å². The normalized spacial score (nSPS) is 10.8. The van der Waals surface area contributed by atoms with E-state index >= 15 is 0 Å². The van der Waals surface area contributed by atoms with Gasteiger partial charge in [0, 0.05) is 16.7 Å². The quantitative estimate of drug-likeness (QED) is 0.631. The van der Waals surface area contributed by atoms with Crippen LogP contribution in [0.3, 0.4) is 0 Å². The summed E-state index contributed by atoms with van der Waals surface area (Å²) in [6, 6.07) is 8.11. The predicted octanol–water partition coefficient (Wildman–Crippen LogP) is 3.45. The summed E-state index contributed by atoms with van der Waals surface area (Å²) >= 11 is 3.40. The number of halogens is 1. The molecule has 0 fully saturated rings. The first-order chi connectivity index (χ1) is 7.33. The van der Waals surface area contributed by atoms with E-state index in [9.17, 15) is 0 Å². The zero-order valence-corrected chi connectivity index (χ0v) is 10.5. The Morgan fingerprint density at radius 3 is 2.73 bits per heavy atom. The molecule has 0 saturated carbocycles. The van der Waals surface area contributed by atoms with Crippen molar-refractivity contribution in [3.8, 4) is 0 Å². The number of hydrogen-bond acceptors (Lipinski definition) is 2. The molecular weight excluding hydrogens is 254 g/mol. The molecule has 1 aromatic rings. The monoisotopic (exact) mass is 269 g/mol. The van der Waals surface area contributed by atoms with E-state index in [1.54, 1.807) is 0 Å². The molecule has 0 aromatic heterocycles. The minimum atomic E-state index is 0.693. The van der Waals surface area contributed by atoms with Crippen LogP contribution in [0.2, 0.25) is 0 Å². The maximum atomic E-state index is 5.36. The second-order valence-electron chi connectivity index (χ2n) is 3.08. The molecule has 0 bridgehead atoms. The molecule has 1 N–H and O–H groups in total. The summed E-state index contributed by atoms with van der Waals surface area (Å²) in [6.07, 6.45) is 3.99. The molecule has 0 heterocycles. The highest BCUT2D eigenvalue weighted by molar-refractivity contribution is 9.10. The zero-order valence-electron chi connectivity index (χ0n) is 8.87. The molecule has 0 atom stereocenters. The van der Waals surface area contributed by atoms with Gasteiger partial charge in [-0.15, -0.1) is 0 Å². The Labute approximate surface area is 99.5 Å². The highest BCUT2D eigenvalue weighted by Crippen LogP contribution is 2.13. The number of benzene rings is 1. The first kappa shape index (κ1) is 12.3. The van der Waals surface area contributed by atoms with Crippen molar-refractivity contribution < 1.29 is 4.74 Å². The maximum Gasteiger partial charge on any atom is 0.0648 e. The lowest BCUT2D eigenvalue weighted by Gasteiger charge is -2.06. The van der Waals surface area contributed by atoms with Crippen molar-refractivity contribution in [1.82, 2.24) is 0 Å². The number of ether oxygens (including phenoxy) is 1. The van der Waals surface area contributed by atoms with E-state index in [-0.39, 0.29) is 0 Å². The van der Waals surface area contributed by atoms with E-state index < -0.39 is 0 Å². The van der Waals surface area contributed by atoms with Gasteiger partial charge in [-0.2, -0.15) is 0 Å². The predicted molar refractivity (Wildman–Crippen MR) is 68.3 cm³/mol. The molecule has 0 spiro atoms. The summed E-state index contributed by atoms with van der Waals surface area (Å²) in [5.74, 6) is 0. The number of anilines is 1. The number of hydrogen-bond donors (Lipinski definition) is 1. The van der Waals surface area contributed by atoms with Gasteiger partial charge in [0.2, 0.25) is 0 Å². The maximum absolute atomic E-state index is 5.36. The van der Waals surface area contributed by atoms with Crippen LogP contribution in [0.1, 0.15) is 6.92 Å². The van der Waals surface area contributed by atoms with Crippen LogP contribution >= 0.6 is 15.9 Å². The number of nitrogens with one attached hydrogen (secondary N) is 1. The Hall–Kier alpha value is -0.800. The Kier molecular flexibility index (Phi) is 6.12. The van der Waals surface area contributed by atoms with Crippen LogP contribution in [0.15, 0.2) is 40.9 Å². The molecular formula is C12H16BrNO. The van der Waals surface area contributed by atoms with Crippen molar-refractivity contribution in [3.63, 3.8) is 0 Å². The van der Waals surface area contributed by atoms with Gasteiger partial charge >= 0.3 is 0 Å². The van der Waals surface area contributed by atoms with Crippen LogP contribution < -0.4 is 5.32 Å². The lowest BCUT2D eigenvalue weighted by Crippen LogP contribution is -2.09. The van der Waals surface area contributed by atoms with Crippen molar-refractivity contribution in [1.29, 1.82) is 0 Å². The average molecular weight is 270 g/mol. The minimum absolute atomic E-state index is 0.693. The van der Waals surface area contributed by atoms with Crippen LogP contribution in [-0.4, -0.2) is 19.8 Å². The topological polar surface area (TPSA) is 21.3 Å². The van der Waals surface area contributed by atoms with Gasteiger partial charge in [0.25, 0.3) is 0 Å². The fourth-order valence-electron chi connectivity index (χ4n) is 1.08. The highest BCUT2D eigenvalue weighted by Gasteiger charge is 1.91. The molecule has 1 aromatic carbocycles. The van der Waals surface area contributed by atoms with E-state index in [1.807, 2.05) is 43.3 Å². The average Bonchev–Trinajstić information content (AvgIpc) is 2.26. The fraction of sp³-hybridized carbons (Fsp3) is 0.333. The van der Waals surface area contributed by atoms with Gasteiger partial charge in [0.1, 0.15) is 0 Å². The third-order valence-electron chi connectivity index (χ3n) is 1.87. The SMILES string of the molecule is CC=CCOCCNc1ccc(Br)cc1. The van der Waals surface area contributed by atoms with Crippen molar-refractivity contribution in [3.05, 3.63) is 40.9 Å². The van der Waals surface area contributed by atoms with E-state index in [0.29, 0.717) is 6.61 Å². The molecule has 0 radical (unpaired) electrons. The first-order valence-electron chi connectivity index (χ1n) is 5.01. The van der Waals surface area contributed by atoms with Gasteiger partial charge in [0.15, 0.2) is 0 Å². The third-order valence-corrected chi connectivity index (χ3v) is 2.40. The second kappa shape index (κ2) is 7.49. The molecule has 0 aliphatic rings. The molecule has 0 amide bonds. The van der Waals surface area contributed by atoms with Crippen LogP contribution in [0.5, 0.6) is 0 Å². The Balaban J connectivity index is 2.12. The third kappa shape index (κ3) is 5.60. The van der Waals surface area contributed by atoms with Gasteiger partial charge < -0.3 is 10.1 Å². The first-order valence-corrected chi connectivity index (χ1v) is 5.80. The van der Waals surface area contributed by atoms with Gasteiger partial charge in [-0.05, 0) is 31.2 Å². The minimum Gasteiger partial charge on any atom is -0.383 e. The van der Waals surface area contributed by atoms with Crippen LogP contribution in [0.4, 0.5) is 5.69 Å².